The molecule has 1 atom stereocenters. The molecule has 1 heterocycles. The molecule has 0 fully saturated rings. The van der Waals surface area contributed by atoms with Gasteiger partial charge in [-0.15, -0.1) is 11.3 Å². The minimum Gasteiger partial charge on any atom is -0.394 e. The Morgan fingerprint density at radius 1 is 1.56 bits per heavy atom. The van der Waals surface area contributed by atoms with Gasteiger partial charge in [0.2, 0.25) is 5.91 Å². The zero-order valence-corrected chi connectivity index (χ0v) is 12.9. The highest BCUT2D eigenvalue weighted by atomic mass is 79.9. The zero-order chi connectivity index (χ0) is 13.5. The summed E-state index contributed by atoms with van der Waals surface area (Å²) in [5.41, 5.74) is 0. The maximum atomic E-state index is 11.7. The topological polar surface area (TPSA) is 49.3 Å². The second kappa shape index (κ2) is 7.71. The molecular formula is C13H18BrNO2S. The van der Waals surface area contributed by atoms with Gasteiger partial charge in [0.05, 0.1) is 16.4 Å². The second-order valence-electron chi connectivity index (χ2n) is 4.49. The van der Waals surface area contributed by atoms with Crippen LogP contribution in [-0.2, 0) is 4.79 Å². The van der Waals surface area contributed by atoms with Crippen LogP contribution < -0.4 is 5.32 Å². The molecule has 0 aliphatic rings. The van der Waals surface area contributed by atoms with Gasteiger partial charge in [-0.05, 0) is 46.5 Å². The number of aliphatic hydroxyl groups excluding tert-OH is 1. The van der Waals surface area contributed by atoms with Crippen LogP contribution in [0.15, 0.2) is 22.0 Å². The first kappa shape index (κ1) is 15.4. The van der Waals surface area contributed by atoms with Gasteiger partial charge < -0.3 is 10.4 Å². The third-order valence-electron chi connectivity index (χ3n) is 2.32. The van der Waals surface area contributed by atoms with E-state index in [-0.39, 0.29) is 18.6 Å². The number of hydrogen-bond acceptors (Lipinski definition) is 3. The van der Waals surface area contributed by atoms with E-state index in [9.17, 15) is 4.79 Å². The van der Waals surface area contributed by atoms with Gasteiger partial charge >= 0.3 is 0 Å². The molecule has 0 aliphatic carbocycles. The normalized spacial score (nSPS) is 13.2. The standard InChI is InChI=1S/C13H18BrNO2S/c1-9(2)7-10(8-16)15-13(17)6-4-11-3-5-12(14)18-11/h3-6,9-10,16H,7-8H2,1-2H3,(H,15,17)/b6-4+. The molecule has 5 heteroatoms. The van der Waals surface area contributed by atoms with Gasteiger partial charge in [0.15, 0.2) is 0 Å². The highest BCUT2D eigenvalue weighted by Gasteiger charge is 2.11. The lowest BCUT2D eigenvalue weighted by Crippen LogP contribution is -2.37. The Morgan fingerprint density at radius 2 is 2.28 bits per heavy atom. The summed E-state index contributed by atoms with van der Waals surface area (Å²) >= 11 is 4.93. The number of aliphatic hydroxyl groups is 1. The molecular weight excluding hydrogens is 314 g/mol. The zero-order valence-electron chi connectivity index (χ0n) is 10.5. The van der Waals surface area contributed by atoms with Gasteiger partial charge in [0.1, 0.15) is 0 Å². The van der Waals surface area contributed by atoms with E-state index in [4.69, 9.17) is 5.11 Å². The van der Waals surface area contributed by atoms with Crippen LogP contribution in [0.4, 0.5) is 0 Å². The van der Waals surface area contributed by atoms with Crippen LogP contribution in [0.3, 0.4) is 0 Å². The largest absolute Gasteiger partial charge is 0.394 e. The summed E-state index contributed by atoms with van der Waals surface area (Å²) in [7, 11) is 0. The van der Waals surface area contributed by atoms with E-state index in [1.54, 1.807) is 17.4 Å². The Hall–Kier alpha value is -0.650. The summed E-state index contributed by atoms with van der Waals surface area (Å²) in [5, 5.41) is 12.0. The molecule has 2 N–H and O–H groups in total. The van der Waals surface area contributed by atoms with Crippen molar-refractivity contribution in [2.45, 2.75) is 26.3 Å². The average molecular weight is 332 g/mol. The minimum atomic E-state index is -0.169. The van der Waals surface area contributed by atoms with E-state index in [0.29, 0.717) is 5.92 Å². The third kappa shape index (κ3) is 5.80. The van der Waals surface area contributed by atoms with E-state index >= 15 is 0 Å². The van der Waals surface area contributed by atoms with Crippen molar-refractivity contribution in [1.82, 2.24) is 5.32 Å². The number of carbonyl (C=O) groups excluding carboxylic acids is 1. The third-order valence-corrected chi connectivity index (χ3v) is 3.90. The highest BCUT2D eigenvalue weighted by molar-refractivity contribution is 9.11. The molecule has 1 aromatic heterocycles. The van der Waals surface area contributed by atoms with Crippen LogP contribution in [0.25, 0.3) is 6.08 Å². The molecule has 0 saturated carbocycles. The molecule has 1 aromatic rings. The number of rotatable bonds is 6. The van der Waals surface area contributed by atoms with Crippen molar-refractivity contribution >= 4 is 39.2 Å². The van der Waals surface area contributed by atoms with Gasteiger partial charge in [0.25, 0.3) is 0 Å². The van der Waals surface area contributed by atoms with Gasteiger partial charge in [-0.2, -0.15) is 0 Å². The first-order valence-electron chi connectivity index (χ1n) is 5.86. The number of hydrogen-bond donors (Lipinski definition) is 2. The second-order valence-corrected chi connectivity index (χ2v) is 6.99. The first-order chi connectivity index (χ1) is 8.51. The van der Waals surface area contributed by atoms with E-state index in [2.05, 4.69) is 35.1 Å². The Labute approximate surface area is 120 Å². The molecule has 0 bridgehead atoms. The van der Waals surface area contributed by atoms with E-state index in [1.807, 2.05) is 12.1 Å². The van der Waals surface area contributed by atoms with Crippen molar-refractivity contribution < 1.29 is 9.90 Å². The maximum absolute atomic E-state index is 11.7. The van der Waals surface area contributed by atoms with Gasteiger partial charge in [0, 0.05) is 11.0 Å². The lowest BCUT2D eigenvalue weighted by atomic mass is 10.0. The number of halogens is 1. The van der Waals surface area contributed by atoms with Crippen LogP contribution in [0.1, 0.15) is 25.1 Å². The van der Waals surface area contributed by atoms with Crippen LogP contribution in [0.5, 0.6) is 0 Å². The lowest BCUT2D eigenvalue weighted by Gasteiger charge is -2.16. The van der Waals surface area contributed by atoms with Gasteiger partial charge in [-0.25, -0.2) is 0 Å². The molecule has 18 heavy (non-hydrogen) atoms. The van der Waals surface area contributed by atoms with E-state index in [1.165, 1.54) is 6.08 Å². The van der Waals surface area contributed by atoms with Crippen LogP contribution in [0, 0.1) is 5.92 Å². The predicted molar refractivity (Wildman–Crippen MR) is 79.5 cm³/mol. The Morgan fingerprint density at radius 3 is 2.78 bits per heavy atom. The van der Waals surface area contributed by atoms with Crippen molar-refractivity contribution in [2.75, 3.05) is 6.61 Å². The molecule has 0 radical (unpaired) electrons. The summed E-state index contributed by atoms with van der Waals surface area (Å²) in [6.07, 6.45) is 4.05. The molecule has 0 aromatic carbocycles. The van der Waals surface area contributed by atoms with E-state index in [0.717, 1.165) is 15.1 Å². The van der Waals surface area contributed by atoms with Crippen LogP contribution in [0.2, 0.25) is 0 Å². The van der Waals surface area contributed by atoms with Crippen LogP contribution in [-0.4, -0.2) is 23.7 Å². The summed E-state index contributed by atoms with van der Waals surface area (Å²) in [4.78, 5) is 12.7. The number of carbonyl (C=O) groups is 1. The fraction of sp³-hybridized carbons (Fsp3) is 0.462. The SMILES string of the molecule is CC(C)CC(CO)NC(=O)/C=C/c1ccc(Br)s1. The number of thiophene rings is 1. The van der Waals surface area contributed by atoms with Crippen molar-refractivity contribution in [3.8, 4) is 0 Å². The summed E-state index contributed by atoms with van der Waals surface area (Å²) < 4.78 is 1.04. The van der Waals surface area contributed by atoms with Crippen molar-refractivity contribution in [3.63, 3.8) is 0 Å². The monoisotopic (exact) mass is 331 g/mol. The van der Waals surface area contributed by atoms with Gasteiger partial charge in [-0.3, -0.25) is 4.79 Å². The number of amides is 1. The van der Waals surface area contributed by atoms with Gasteiger partial charge in [-0.1, -0.05) is 13.8 Å². The Bertz CT molecular complexity index is 415. The fourth-order valence-electron chi connectivity index (χ4n) is 1.57. The molecule has 0 saturated heterocycles. The molecule has 100 valence electrons. The summed E-state index contributed by atoms with van der Waals surface area (Å²) in [6.45, 7) is 4.10. The number of nitrogens with one attached hydrogen (secondary N) is 1. The van der Waals surface area contributed by atoms with Crippen molar-refractivity contribution in [1.29, 1.82) is 0 Å². The van der Waals surface area contributed by atoms with E-state index < -0.39 is 0 Å². The maximum Gasteiger partial charge on any atom is 0.244 e. The summed E-state index contributed by atoms with van der Waals surface area (Å²) in [6, 6.07) is 3.71. The lowest BCUT2D eigenvalue weighted by molar-refractivity contribution is -0.117. The fourth-order valence-corrected chi connectivity index (χ4v) is 2.90. The summed E-state index contributed by atoms with van der Waals surface area (Å²) in [5.74, 6) is 0.277. The van der Waals surface area contributed by atoms with Crippen LogP contribution >= 0.6 is 27.3 Å². The van der Waals surface area contributed by atoms with Crippen molar-refractivity contribution in [2.24, 2.45) is 5.92 Å². The highest BCUT2D eigenvalue weighted by Crippen LogP contribution is 2.22. The predicted octanol–water partition coefficient (Wildman–Crippen LogP) is 3.05. The van der Waals surface area contributed by atoms with Crippen molar-refractivity contribution in [3.05, 3.63) is 26.9 Å². The average Bonchev–Trinajstić information content (AvgIpc) is 2.71. The molecule has 0 aliphatic heterocycles. The Kier molecular flexibility index (Phi) is 6.60. The Balaban J connectivity index is 2.47. The quantitative estimate of drug-likeness (QED) is 0.787. The smallest absolute Gasteiger partial charge is 0.244 e. The molecule has 0 spiro atoms. The molecule has 3 nitrogen and oxygen atoms in total. The first-order valence-corrected chi connectivity index (χ1v) is 7.47. The molecule has 1 rings (SSSR count). The minimum absolute atomic E-state index is 0.0255. The molecule has 1 amide bonds. The molecule has 1 unspecified atom stereocenters.